The number of carboxylic acids is 1. The van der Waals surface area contributed by atoms with E-state index in [-0.39, 0.29) is 17.4 Å². The predicted octanol–water partition coefficient (Wildman–Crippen LogP) is 4.02. The van der Waals surface area contributed by atoms with E-state index in [1.54, 1.807) is 24.3 Å². The van der Waals surface area contributed by atoms with Gasteiger partial charge in [-0.1, -0.05) is 44.2 Å². The van der Waals surface area contributed by atoms with E-state index in [0.717, 1.165) is 5.56 Å². The normalized spacial score (nSPS) is 11.5. The van der Waals surface area contributed by atoms with Crippen LogP contribution in [0.2, 0.25) is 0 Å². The van der Waals surface area contributed by atoms with Crippen molar-refractivity contribution >= 4 is 12.0 Å². The summed E-state index contributed by atoms with van der Waals surface area (Å²) < 4.78 is 5.48. The molecule has 0 fully saturated rings. The number of benzene rings is 2. The van der Waals surface area contributed by atoms with Gasteiger partial charge in [0.25, 0.3) is 0 Å². The fourth-order valence-corrected chi connectivity index (χ4v) is 2.02. The summed E-state index contributed by atoms with van der Waals surface area (Å²) in [5, 5.41) is 19.1. The molecule has 0 unspecified atom stereocenters. The lowest BCUT2D eigenvalue weighted by Crippen LogP contribution is -2.08. The molecule has 0 aliphatic rings. The third-order valence-corrected chi connectivity index (χ3v) is 3.16. The molecule has 2 rings (SSSR count). The maximum Gasteiger partial charge on any atom is 0.371 e. The summed E-state index contributed by atoms with van der Waals surface area (Å²) >= 11 is 0. The standard InChI is InChI=1S/C18H18O4/c1-12(2)15-11-14(8-9-16(15)19)22-17(18(20)21)10-13-6-4-3-5-7-13/h3-12,19H,1-2H3,(H,20,21). The Morgan fingerprint density at radius 1 is 1.14 bits per heavy atom. The molecular weight excluding hydrogens is 280 g/mol. The van der Waals surface area contributed by atoms with Gasteiger partial charge in [-0.15, -0.1) is 0 Å². The van der Waals surface area contributed by atoms with Crippen molar-refractivity contribution in [1.29, 1.82) is 0 Å². The quantitative estimate of drug-likeness (QED) is 0.646. The van der Waals surface area contributed by atoms with Crippen LogP contribution >= 0.6 is 0 Å². The van der Waals surface area contributed by atoms with Crippen molar-refractivity contribution in [3.05, 3.63) is 65.4 Å². The average Bonchev–Trinajstić information content (AvgIpc) is 2.49. The lowest BCUT2D eigenvalue weighted by molar-refractivity contribution is -0.134. The van der Waals surface area contributed by atoms with Crippen molar-refractivity contribution in [3.8, 4) is 11.5 Å². The summed E-state index contributed by atoms with van der Waals surface area (Å²) in [5.74, 6) is -0.665. The number of ether oxygens (including phenoxy) is 1. The minimum Gasteiger partial charge on any atom is -0.508 e. The van der Waals surface area contributed by atoms with Crippen molar-refractivity contribution in [3.63, 3.8) is 0 Å². The van der Waals surface area contributed by atoms with E-state index in [1.165, 1.54) is 12.1 Å². The second-order valence-electron chi connectivity index (χ2n) is 5.20. The molecule has 2 aromatic rings. The summed E-state index contributed by atoms with van der Waals surface area (Å²) in [6, 6.07) is 13.8. The molecule has 0 atom stereocenters. The molecule has 0 bridgehead atoms. The number of carboxylic acid groups (broad SMARTS) is 1. The fourth-order valence-electron chi connectivity index (χ4n) is 2.02. The van der Waals surface area contributed by atoms with Gasteiger partial charge in [-0.2, -0.15) is 0 Å². The first-order valence-electron chi connectivity index (χ1n) is 6.98. The molecule has 0 radical (unpaired) electrons. The van der Waals surface area contributed by atoms with E-state index in [9.17, 15) is 15.0 Å². The molecule has 2 N–H and O–H groups in total. The minimum absolute atomic E-state index is 0.106. The fraction of sp³-hybridized carbons (Fsp3) is 0.167. The first-order valence-corrected chi connectivity index (χ1v) is 6.98. The number of phenolic OH excluding ortho intramolecular Hbond substituents is 1. The number of rotatable bonds is 5. The number of aliphatic carboxylic acids is 1. The molecule has 0 aromatic heterocycles. The Labute approximate surface area is 129 Å². The highest BCUT2D eigenvalue weighted by molar-refractivity contribution is 5.90. The topological polar surface area (TPSA) is 66.8 Å². The van der Waals surface area contributed by atoms with Gasteiger partial charge >= 0.3 is 5.97 Å². The van der Waals surface area contributed by atoms with Crippen molar-refractivity contribution < 1.29 is 19.7 Å². The Kier molecular flexibility index (Phi) is 4.84. The summed E-state index contributed by atoms with van der Waals surface area (Å²) in [6.07, 6.45) is 1.46. The Balaban J connectivity index is 2.31. The lowest BCUT2D eigenvalue weighted by atomic mass is 10.0. The molecule has 0 saturated heterocycles. The zero-order valence-electron chi connectivity index (χ0n) is 12.5. The van der Waals surface area contributed by atoms with Crippen LogP contribution in [0.5, 0.6) is 11.5 Å². The van der Waals surface area contributed by atoms with Crippen LogP contribution in [0.3, 0.4) is 0 Å². The van der Waals surface area contributed by atoms with E-state index in [2.05, 4.69) is 0 Å². The smallest absolute Gasteiger partial charge is 0.371 e. The molecule has 22 heavy (non-hydrogen) atoms. The molecular formula is C18H18O4. The SMILES string of the molecule is CC(C)c1cc(OC(=Cc2ccccc2)C(=O)O)ccc1O. The number of hydrogen-bond donors (Lipinski definition) is 2. The molecule has 114 valence electrons. The molecule has 0 aliphatic carbocycles. The van der Waals surface area contributed by atoms with E-state index in [0.29, 0.717) is 11.3 Å². The summed E-state index contributed by atoms with van der Waals surface area (Å²) in [4.78, 5) is 11.4. The number of carbonyl (C=O) groups is 1. The van der Waals surface area contributed by atoms with Gasteiger partial charge < -0.3 is 14.9 Å². The molecule has 0 saturated carbocycles. The van der Waals surface area contributed by atoms with E-state index in [4.69, 9.17) is 4.74 Å². The molecule has 4 heteroatoms. The second-order valence-corrected chi connectivity index (χ2v) is 5.20. The Hall–Kier alpha value is -2.75. The third kappa shape index (κ3) is 3.88. The Bertz CT molecular complexity index is 687. The van der Waals surface area contributed by atoms with Crippen LogP contribution in [0, 0.1) is 0 Å². The van der Waals surface area contributed by atoms with Crippen LogP contribution < -0.4 is 4.74 Å². The molecule has 4 nitrogen and oxygen atoms in total. The summed E-state index contributed by atoms with van der Waals surface area (Å²) in [6.45, 7) is 3.88. The van der Waals surface area contributed by atoms with Crippen LogP contribution in [0.25, 0.3) is 6.08 Å². The lowest BCUT2D eigenvalue weighted by Gasteiger charge is -2.12. The second kappa shape index (κ2) is 6.80. The van der Waals surface area contributed by atoms with Gasteiger partial charge in [-0.05, 0) is 35.8 Å². The molecule has 0 heterocycles. The number of aromatic hydroxyl groups is 1. The van der Waals surface area contributed by atoms with E-state index < -0.39 is 5.97 Å². The zero-order chi connectivity index (χ0) is 16.1. The predicted molar refractivity (Wildman–Crippen MR) is 84.9 cm³/mol. The van der Waals surface area contributed by atoms with Crippen LogP contribution in [0.1, 0.15) is 30.9 Å². The molecule has 2 aromatic carbocycles. The van der Waals surface area contributed by atoms with Gasteiger partial charge in [0.05, 0.1) is 0 Å². The molecule has 0 aliphatic heterocycles. The van der Waals surface area contributed by atoms with Crippen molar-refractivity contribution in [2.45, 2.75) is 19.8 Å². The summed E-state index contributed by atoms with van der Waals surface area (Å²) in [7, 11) is 0. The number of phenols is 1. The highest BCUT2D eigenvalue weighted by Gasteiger charge is 2.13. The Morgan fingerprint density at radius 2 is 1.82 bits per heavy atom. The van der Waals surface area contributed by atoms with Crippen molar-refractivity contribution in [2.24, 2.45) is 0 Å². The van der Waals surface area contributed by atoms with Gasteiger partial charge in [-0.3, -0.25) is 0 Å². The average molecular weight is 298 g/mol. The largest absolute Gasteiger partial charge is 0.508 e. The van der Waals surface area contributed by atoms with E-state index >= 15 is 0 Å². The molecule has 0 amide bonds. The van der Waals surface area contributed by atoms with Gasteiger partial charge in [0.2, 0.25) is 5.76 Å². The third-order valence-electron chi connectivity index (χ3n) is 3.16. The maximum atomic E-state index is 11.4. The van der Waals surface area contributed by atoms with Crippen LogP contribution in [0.4, 0.5) is 0 Å². The van der Waals surface area contributed by atoms with Crippen LogP contribution in [0.15, 0.2) is 54.3 Å². The molecule has 0 spiro atoms. The summed E-state index contributed by atoms with van der Waals surface area (Å²) in [5.41, 5.74) is 1.45. The first kappa shape index (κ1) is 15.6. The Morgan fingerprint density at radius 3 is 2.41 bits per heavy atom. The number of hydrogen-bond acceptors (Lipinski definition) is 3. The van der Waals surface area contributed by atoms with Gasteiger partial charge in [0.1, 0.15) is 11.5 Å². The van der Waals surface area contributed by atoms with Crippen LogP contribution in [-0.2, 0) is 4.79 Å². The van der Waals surface area contributed by atoms with Gasteiger partial charge in [0.15, 0.2) is 0 Å². The first-order chi connectivity index (χ1) is 10.5. The highest BCUT2D eigenvalue weighted by Crippen LogP contribution is 2.30. The minimum atomic E-state index is -1.15. The highest BCUT2D eigenvalue weighted by atomic mass is 16.5. The van der Waals surface area contributed by atoms with Crippen molar-refractivity contribution in [2.75, 3.05) is 0 Å². The monoisotopic (exact) mass is 298 g/mol. The van der Waals surface area contributed by atoms with Crippen molar-refractivity contribution in [1.82, 2.24) is 0 Å². The van der Waals surface area contributed by atoms with Gasteiger partial charge in [-0.25, -0.2) is 4.79 Å². The zero-order valence-corrected chi connectivity index (χ0v) is 12.5. The van der Waals surface area contributed by atoms with E-state index in [1.807, 2.05) is 32.0 Å². The van der Waals surface area contributed by atoms with Crippen LogP contribution in [-0.4, -0.2) is 16.2 Å². The van der Waals surface area contributed by atoms with Gasteiger partial charge in [0, 0.05) is 5.56 Å². The maximum absolute atomic E-state index is 11.4.